The third kappa shape index (κ3) is 5.18. The Balaban J connectivity index is 1.95. The summed E-state index contributed by atoms with van der Waals surface area (Å²) in [5.74, 6) is 0.774. The summed E-state index contributed by atoms with van der Waals surface area (Å²) < 4.78 is 5.37. The molecule has 0 spiro atoms. The molecule has 2 aromatic rings. The molecule has 3 rings (SSSR count). The molecule has 0 atom stereocenters. The third-order valence-electron chi connectivity index (χ3n) is 4.02. The van der Waals surface area contributed by atoms with Gasteiger partial charge < -0.3 is 14.7 Å². The number of allylic oxidation sites excluding steroid dienone is 1. The first-order chi connectivity index (χ1) is 13.2. The summed E-state index contributed by atoms with van der Waals surface area (Å²) in [5, 5.41) is 9.71. The van der Waals surface area contributed by atoms with Crippen molar-refractivity contribution < 1.29 is 9.84 Å². The number of aromatic nitrogens is 3. The quantitative estimate of drug-likeness (QED) is 0.639. The van der Waals surface area contributed by atoms with Crippen LogP contribution in [0.1, 0.15) is 17.0 Å². The number of aromatic hydroxyl groups is 1. The van der Waals surface area contributed by atoms with Crippen molar-refractivity contribution in [3.05, 3.63) is 53.9 Å². The topological polar surface area (TPSA) is 96.1 Å². The Morgan fingerprint density at radius 1 is 1.15 bits per heavy atom. The van der Waals surface area contributed by atoms with Crippen LogP contribution in [0.4, 0.5) is 0 Å². The number of ether oxygens (including phenoxy) is 1. The van der Waals surface area contributed by atoms with Gasteiger partial charge in [-0.3, -0.25) is 9.98 Å². The zero-order valence-electron chi connectivity index (χ0n) is 15.4. The van der Waals surface area contributed by atoms with Gasteiger partial charge in [-0.25, -0.2) is 15.0 Å². The van der Waals surface area contributed by atoms with Crippen molar-refractivity contribution in [1.29, 1.82) is 0 Å². The molecule has 0 amide bonds. The summed E-state index contributed by atoms with van der Waals surface area (Å²) in [7, 11) is 1.69. The van der Waals surface area contributed by atoms with E-state index in [0.717, 1.165) is 18.7 Å². The molecule has 1 saturated heterocycles. The largest absolute Gasteiger partial charge is 0.506 e. The fourth-order valence-electron chi connectivity index (χ4n) is 2.53. The summed E-state index contributed by atoms with van der Waals surface area (Å²) >= 11 is 0. The molecule has 8 nitrogen and oxygen atoms in total. The molecule has 1 fully saturated rings. The van der Waals surface area contributed by atoms with Crippen LogP contribution in [0.3, 0.4) is 0 Å². The molecule has 0 saturated carbocycles. The molecule has 0 aliphatic carbocycles. The van der Waals surface area contributed by atoms with E-state index in [1.807, 2.05) is 19.3 Å². The number of morpholine rings is 1. The van der Waals surface area contributed by atoms with Crippen LogP contribution in [0.5, 0.6) is 5.75 Å². The van der Waals surface area contributed by atoms with Gasteiger partial charge in [0, 0.05) is 49.9 Å². The molecule has 0 aromatic carbocycles. The van der Waals surface area contributed by atoms with E-state index in [1.54, 1.807) is 31.7 Å². The van der Waals surface area contributed by atoms with Crippen LogP contribution in [-0.2, 0) is 4.74 Å². The molecule has 0 radical (unpaired) electrons. The smallest absolute Gasteiger partial charge is 0.134 e. The van der Waals surface area contributed by atoms with Gasteiger partial charge in [-0.2, -0.15) is 0 Å². The predicted octanol–water partition coefficient (Wildman–Crippen LogP) is 1.71. The minimum atomic E-state index is 0.0825. The molecule has 3 heterocycles. The average molecular weight is 366 g/mol. The first kappa shape index (κ1) is 18.7. The zero-order valence-corrected chi connectivity index (χ0v) is 15.4. The Bertz CT molecular complexity index is 855. The molecule has 140 valence electrons. The maximum atomic E-state index is 9.71. The van der Waals surface area contributed by atoms with Crippen LogP contribution in [0, 0.1) is 6.92 Å². The van der Waals surface area contributed by atoms with Crippen molar-refractivity contribution >= 4 is 17.7 Å². The first-order valence-corrected chi connectivity index (χ1v) is 8.63. The van der Waals surface area contributed by atoms with Crippen molar-refractivity contribution in [1.82, 2.24) is 19.9 Å². The van der Waals surface area contributed by atoms with Crippen LogP contribution in [-0.4, -0.2) is 70.4 Å². The molecule has 0 unspecified atom stereocenters. The van der Waals surface area contributed by atoms with Gasteiger partial charge in [0.1, 0.15) is 11.6 Å². The van der Waals surface area contributed by atoms with E-state index in [9.17, 15) is 5.11 Å². The third-order valence-corrected chi connectivity index (χ3v) is 4.02. The highest BCUT2D eigenvalue weighted by molar-refractivity contribution is 6.12. The highest BCUT2D eigenvalue weighted by Crippen LogP contribution is 2.18. The van der Waals surface area contributed by atoms with Crippen molar-refractivity contribution in [3.8, 4) is 5.75 Å². The summed E-state index contributed by atoms with van der Waals surface area (Å²) in [6, 6.07) is 1.61. The van der Waals surface area contributed by atoms with Crippen molar-refractivity contribution in [2.75, 3.05) is 33.4 Å². The zero-order chi connectivity index (χ0) is 19.1. The second-order valence-corrected chi connectivity index (χ2v) is 5.98. The van der Waals surface area contributed by atoms with Gasteiger partial charge >= 0.3 is 0 Å². The first-order valence-electron chi connectivity index (χ1n) is 8.63. The number of aryl methyl sites for hydroxylation is 1. The molecule has 1 aliphatic rings. The van der Waals surface area contributed by atoms with Crippen LogP contribution in [0.15, 0.2) is 46.9 Å². The normalized spacial score (nSPS) is 16.1. The number of aliphatic imine (C=N–C) groups is 2. The second kappa shape index (κ2) is 9.00. The van der Waals surface area contributed by atoms with E-state index in [0.29, 0.717) is 36.0 Å². The Hall–Kier alpha value is -3.13. The van der Waals surface area contributed by atoms with Gasteiger partial charge in [0.2, 0.25) is 0 Å². The minimum Gasteiger partial charge on any atom is -0.506 e. The van der Waals surface area contributed by atoms with Gasteiger partial charge in [0.15, 0.2) is 0 Å². The molecule has 27 heavy (non-hydrogen) atoms. The van der Waals surface area contributed by atoms with Crippen molar-refractivity contribution in [2.45, 2.75) is 6.92 Å². The molecule has 1 aliphatic heterocycles. The summed E-state index contributed by atoms with van der Waals surface area (Å²) in [5.41, 5.74) is 2.79. The Morgan fingerprint density at radius 3 is 2.56 bits per heavy atom. The lowest BCUT2D eigenvalue weighted by molar-refractivity contribution is 0.0701. The Morgan fingerprint density at radius 2 is 1.89 bits per heavy atom. The Labute approximate surface area is 158 Å². The molecule has 0 bridgehead atoms. The highest BCUT2D eigenvalue weighted by Gasteiger charge is 2.09. The van der Waals surface area contributed by atoms with Gasteiger partial charge in [0.25, 0.3) is 0 Å². The molecule has 8 heteroatoms. The Kier molecular flexibility index (Phi) is 6.22. The summed E-state index contributed by atoms with van der Waals surface area (Å²) in [6.07, 6.45) is 10.1. The van der Waals surface area contributed by atoms with Gasteiger partial charge in [-0.15, -0.1) is 0 Å². The van der Waals surface area contributed by atoms with Crippen LogP contribution >= 0.6 is 0 Å². The lowest BCUT2D eigenvalue weighted by Crippen LogP contribution is -2.35. The molecule has 2 aromatic heterocycles. The number of hydrogen-bond acceptors (Lipinski definition) is 7. The van der Waals surface area contributed by atoms with Crippen molar-refractivity contribution in [3.63, 3.8) is 0 Å². The maximum absolute atomic E-state index is 9.71. The number of hydrogen-bond donors (Lipinski definition) is 1. The van der Waals surface area contributed by atoms with E-state index in [1.165, 1.54) is 6.20 Å². The molecular formula is C19H22N6O2. The lowest BCUT2D eigenvalue weighted by atomic mass is 10.1. The standard InChI is InChI=1S/C19H22N6O2/c1-14-22-10-16(11-23-14)19(24-13-25-3-5-27-6-4-25)8-18(20-2)15-7-17(26)12-21-9-15/h7-13,26H,3-6H2,1-2H3/b19-8-,20-18?,24-13?. The highest BCUT2D eigenvalue weighted by atomic mass is 16.5. The predicted molar refractivity (Wildman–Crippen MR) is 104 cm³/mol. The van der Waals surface area contributed by atoms with Crippen molar-refractivity contribution in [2.24, 2.45) is 9.98 Å². The van der Waals surface area contributed by atoms with Crippen LogP contribution < -0.4 is 0 Å². The monoisotopic (exact) mass is 366 g/mol. The van der Waals surface area contributed by atoms with Gasteiger partial charge in [-0.05, 0) is 19.1 Å². The maximum Gasteiger partial charge on any atom is 0.134 e. The molecule has 1 N–H and O–H groups in total. The summed E-state index contributed by atoms with van der Waals surface area (Å²) in [6.45, 7) is 4.81. The SMILES string of the molecule is CN=C(/C=C(\N=CN1CCOCC1)c1cnc(C)nc1)c1cncc(O)c1. The number of pyridine rings is 1. The van der Waals surface area contributed by atoms with E-state index in [4.69, 9.17) is 4.74 Å². The number of rotatable bonds is 5. The van der Waals surface area contributed by atoms with Crippen LogP contribution in [0.2, 0.25) is 0 Å². The number of nitrogens with zero attached hydrogens (tertiary/aromatic N) is 6. The van der Waals surface area contributed by atoms with E-state index in [2.05, 4.69) is 29.8 Å². The van der Waals surface area contributed by atoms with Gasteiger partial charge in [-0.1, -0.05) is 0 Å². The van der Waals surface area contributed by atoms with Crippen LogP contribution in [0.25, 0.3) is 5.70 Å². The lowest BCUT2D eigenvalue weighted by Gasteiger charge is -2.24. The fraction of sp³-hybridized carbons (Fsp3) is 0.316. The van der Waals surface area contributed by atoms with E-state index >= 15 is 0 Å². The second-order valence-electron chi connectivity index (χ2n) is 5.98. The average Bonchev–Trinajstić information content (AvgIpc) is 2.70. The minimum absolute atomic E-state index is 0.0825. The summed E-state index contributed by atoms with van der Waals surface area (Å²) in [4.78, 5) is 23.6. The molecular weight excluding hydrogens is 344 g/mol. The van der Waals surface area contributed by atoms with E-state index in [-0.39, 0.29) is 5.75 Å². The van der Waals surface area contributed by atoms with E-state index < -0.39 is 0 Å². The fourth-order valence-corrected chi connectivity index (χ4v) is 2.53. The van der Waals surface area contributed by atoms with Gasteiger partial charge in [0.05, 0.1) is 37.2 Å².